The molecule has 1 aromatic carbocycles. The van der Waals surface area contributed by atoms with Gasteiger partial charge in [-0.1, -0.05) is 15.9 Å². The van der Waals surface area contributed by atoms with E-state index in [1.807, 2.05) is 0 Å². The topological polar surface area (TPSA) is 72.2 Å². The fourth-order valence-corrected chi connectivity index (χ4v) is 1.53. The van der Waals surface area contributed by atoms with E-state index in [1.165, 1.54) is 0 Å². The second-order valence-corrected chi connectivity index (χ2v) is 4.10. The molecular weight excluding hydrogens is 314 g/mol. The number of hydrogen-bond donors (Lipinski definition) is 1. The number of amides is 1. The number of rotatable bonds is 5. The molecule has 0 atom stereocenters. The van der Waals surface area contributed by atoms with Crippen molar-refractivity contribution >= 4 is 27.5 Å². The van der Waals surface area contributed by atoms with Crippen molar-refractivity contribution in [3.8, 4) is 0 Å². The smallest absolute Gasteiger partial charge is 0.305 e. The molecule has 0 radical (unpaired) electrons. The third-order valence-electron chi connectivity index (χ3n) is 2.09. The predicted octanol–water partition coefficient (Wildman–Crippen LogP) is 2.39. The van der Waals surface area contributed by atoms with Crippen LogP contribution in [0.5, 0.6) is 0 Å². The maximum Gasteiger partial charge on any atom is 0.305 e. The van der Waals surface area contributed by atoms with E-state index in [9.17, 15) is 23.7 Å². The minimum Gasteiger partial charge on any atom is -0.352 e. The van der Waals surface area contributed by atoms with E-state index >= 15 is 0 Å². The molecule has 0 heterocycles. The summed E-state index contributed by atoms with van der Waals surface area (Å²) in [5.74, 6) is -3.60. The highest BCUT2D eigenvalue weighted by Gasteiger charge is 2.25. The molecule has 1 amide bonds. The minimum absolute atomic E-state index is 0.214. The Labute approximate surface area is 109 Å². The number of nitrogens with zero attached hydrogens (tertiary/aromatic N) is 1. The molecule has 0 unspecified atom stereocenters. The molecule has 1 rings (SSSR count). The third-order valence-corrected chi connectivity index (χ3v) is 2.65. The van der Waals surface area contributed by atoms with Gasteiger partial charge in [0.2, 0.25) is 5.82 Å². The predicted molar refractivity (Wildman–Crippen MR) is 63.8 cm³/mol. The van der Waals surface area contributed by atoms with Crippen LogP contribution in [0.1, 0.15) is 16.8 Å². The van der Waals surface area contributed by atoms with E-state index in [0.29, 0.717) is 23.9 Å². The number of carbonyl (C=O) groups excluding carboxylic acids is 1. The second-order valence-electron chi connectivity index (χ2n) is 3.31. The average molecular weight is 323 g/mol. The van der Waals surface area contributed by atoms with Gasteiger partial charge in [0.05, 0.1) is 4.92 Å². The second kappa shape index (κ2) is 6.39. The van der Waals surface area contributed by atoms with Gasteiger partial charge in [0.25, 0.3) is 5.91 Å². The summed E-state index contributed by atoms with van der Waals surface area (Å²) in [7, 11) is 0. The van der Waals surface area contributed by atoms with Gasteiger partial charge in [-0.25, -0.2) is 4.39 Å². The van der Waals surface area contributed by atoms with Gasteiger partial charge < -0.3 is 5.32 Å². The van der Waals surface area contributed by atoms with Crippen LogP contribution in [0.4, 0.5) is 14.5 Å². The standard InChI is InChI=1S/C10H9BrF2N2O3/c11-4-1-5-14-10(16)8-6(12)2-3-7(9(8)13)15(17)18/h2-3H,1,4-5H2,(H,14,16). The first-order valence-corrected chi connectivity index (χ1v) is 6.07. The Morgan fingerprint density at radius 2 is 2.11 bits per heavy atom. The van der Waals surface area contributed by atoms with Crippen molar-refractivity contribution in [2.75, 3.05) is 11.9 Å². The maximum atomic E-state index is 13.6. The molecule has 0 aliphatic rings. The zero-order valence-electron chi connectivity index (χ0n) is 9.08. The van der Waals surface area contributed by atoms with Crippen LogP contribution in [-0.4, -0.2) is 22.7 Å². The van der Waals surface area contributed by atoms with Crippen LogP contribution in [-0.2, 0) is 0 Å². The van der Waals surface area contributed by atoms with E-state index < -0.39 is 33.7 Å². The zero-order chi connectivity index (χ0) is 13.7. The van der Waals surface area contributed by atoms with Crippen LogP contribution in [0.3, 0.4) is 0 Å². The van der Waals surface area contributed by atoms with Gasteiger partial charge in [-0.3, -0.25) is 14.9 Å². The van der Waals surface area contributed by atoms with Gasteiger partial charge in [-0.05, 0) is 12.5 Å². The molecule has 0 spiro atoms. The molecule has 0 fully saturated rings. The number of nitrogens with one attached hydrogen (secondary N) is 1. The molecule has 1 aromatic rings. The third kappa shape index (κ3) is 3.22. The zero-order valence-corrected chi connectivity index (χ0v) is 10.7. The quantitative estimate of drug-likeness (QED) is 0.391. The SMILES string of the molecule is O=C(NCCCBr)c1c(F)ccc([N+](=O)[O-])c1F. The van der Waals surface area contributed by atoms with Crippen LogP contribution in [0, 0.1) is 21.7 Å². The van der Waals surface area contributed by atoms with Crippen molar-refractivity contribution in [3.63, 3.8) is 0 Å². The van der Waals surface area contributed by atoms with Gasteiger partial charge in [-0.15, -0.1) is 0 Å². The van der Waals surface area contributed by atoms with Crippen molar-refractivity contribution in [3.05, 3.63) is 39.4 Å². The molecule has 8 heteroatoms. The molecule has 0 aliphatic carbocycles. The molecule has 0 aromatic heterocycles. The first-order valence-electron chi connectivity index (χ1n) is 4.95. The molecule has 0 saturated heterocycles. The van der Waals surface area contributed by atoms with Crippen molar-refractivity contribution in [2.24, 2.45) is 0 Å². The molecule has 18 heavy (non-hydrogen) atoms. The van der Waals surface area contributed by atoms with Crippen molar-refractivity contribution in [1.29, 1.82) is 0 Å². The highest BCUT2D eigenvalue weighted by atomic mass is 79.9. The molecule has 1 N–H and O–H groups in total. The summed E-state index contributed by atoms with van der Waals surface area (Å²) in [6, 6.07) is 1.38. The van der Waals surface area contributed by atoms with Crippen LogP contribution in [0.15, 0.2) is 12.1 Å². The maximum absolute atomic E-state index is 13.6. The normalized spacial score (nSPS) is 10.2. The summed E-state index contributed by atoms with van der Waals surface area (Å²) in [5.41, 5.74) is -1.86. The van der Waals surface area contributed by atoms with Crippen molar-refractivity contribution in [1.82, 2.24) is 5.32 Å². The summed E-state index contributed by atoms with van der Waals surface area (Å²) in [6.45, 7) is 0.214. The largest absolute Gasteiger partial charge is 0.352 e. The number of hydrogen-bond acceptors (Lipinski definition) is 3. The van der Waals surface area contributed by atoms with Gasteiger partial charge in [0, 0.05) is 17.9 Å². The number of nitro groups is 1. The lowest BCUT2D eigenvalue weighted by molar-refractivity contribution is -0.387. The average Bonchev–Trinajstić information content (AvgIpc) is 2.28. The highest BCUT2D eigenvalue weighted by molar-refractivity contribution is 9.09. The van der Waals surface area contributed by atoms with E-state index in [1.54, 1.807) is 0 Å². The molecule has 0 aliphatic heterocycles. The Morgan fingerprint density at radius 1 is 1.44 bits per heavy atom. The molecule has 0 bridgehead atoms. The van der Waals surface area contributed by atoms with Gasteiger partial charge >= 0.3 is 5.69 Å². The fourth-order valence-electron chi connectivity index (χ4n) is 1.25. The van der Waals surface area contributed by atoms with Crippen LogP contribution in [0.25, 0.3) is 0 Å². The van der Waals surface area contributed by atoms with Crippen LogP contribution in [0.2, 0.25) is 0 Å². The summed E-state index contributed by atoms with van der Waals surface area (Å²) < 4.78 is 26.9. The Hall–Kier alpha value is -1.57. The first kappa shape index (κ1) is 14.5. The first-order chi connectivity index (χ1) is 8.49. The highest BCUT2D eigenvalue weighted by Crippen LogP contribution is 2.22. The van der Waals surface area contributed by atoms with Crippen LogP contribution < -0.4 is 5.32 Å². The lowest BCUT2D eigenvalue weighted by atomic mass is 10.1. The molecular formula is C10H9BrF2N2O3. The Bertz CT molecular complexity index is 482. The Balaban J connectivity index is 3.03. The fraction of sp³-hybridized carbons (Fsp3) is 0.300. The monoisotopic (exact) mass is 322 g/mol. The summed E-state index contributed by atoms with van der Waals surface area (Å²) in [6.07, 6.45) is 0.573. The van der Waals surface area contributed by atoms with E-state index in [4.69, 9.17) is 0 Å². The van der Waals surface area contributed by atoms with Gasteiger partial charge in [-0.2, -0.15) is 4.39 Å². The van der Waals surface area contributed by atoms with Gasteiger partial charge in [0.15, 0.2) is 0 Å². The summed E-state index contributed by atoms with van der Waals surface area (Å²) in [4.78, 5) is 21.0. The van der Waals surface area contributed by atoms with Crippen LogP contribution >= 0.6 is 15.9 Å². The lowest BCUT2D eigenvalue weighted by Crippen LogP contribution is -2.27. The Kier molecular flexibility index (Phi) is 5.14. The van der Waals surface area contributed by atoms with E-state index in [-0.39, 0.29) is 6.54 Å². The van der Waals surface area contributed by atoms with E-state index in [0.717, 1.165) is 0 Å². The molecule has 5 nitrogen and oxygen atoms in total. The molecule has 98 valence electrons. The Morgan fingerprint density at radius 3 is 2.67 bits per heavy atom. The van der Waals surface area contributed by atoms with E-state index in [2.05, 4.69) is 21.2 Å². The minimum atomic E-state index is -1.46. The number of nitro benzene ring substituents is 1. The van der Waals surface area contributed by atoms with Crippen molar-refractivity contribution in [2.45, 2.75) is 6.42 Å². The number of benzene rings is 1. The van der Waals surface area contributed by atoms with Crippen molar-refractivity contribution < 1.29 is 18.5 Å². The van der Waals surface area contributed by atoms with Gasteiger partial charge in [0.1, 0.15) is 11.4 Å². The lowest BCUT2D eigenvalue weighted by Gasteiger charge is -2.06. The number of alkyl halides is 1. The number of carbonyl (C=O) groups is 1. The molecule has 0 saturated carbocycles. The summed E-state index contributed by atoms with van der Waals surface area (Å²) >= 11 is 3.13. The number of halogens is 3. The summed E-state index contributed by atoms with van der Waals surface area (Å²) in [5, 5.41) is 13.4.